The van der Waals surface area contributed by atoms with Crippen LogP contribution in [0.2, 0.25) is 0 Å². The van der Waals surface area contributed by atoms with Gasteiger partial charge in [0.05, 0.1) is 5.69 Å². The van der Waals surface area contributed by atoms with Gasteiger partial charge in [0.25, 0.3) is 0 Å². The Balaban J connectivity index is 1.96. The second-order valence-corrected chi connectivity index (χ2v) is 4.84. The van der Waals surface area contributed by atoms with E-state index in [9.17, 15) is 4.79 Å². The quantitative estimate of drug-likeness (QED) is 0.803. The average Bonchev–Trinajstić information content (AvgIpc) is 2.94. The van der Waals surface area contributed by atoms with Gasteiger partial charge in [0, 0.05) is 5.56 Å². The molecule has 0 bridgehead atoms. The third kappa shape index (κ3) is 2.19. The first-order chi connectivity index (χ1) is 9.29. The number of rotatable bonds is 3. The fourth-order valence-electron chi connectivity index (χ4n) is 1.93. The van der Waals surface area contributed by atoms with E-state index < -0.39 is 0 Å². The summed E-state index contributed by atoms with van der Waals surface area (Å²) in [6, 6.07) is 5.23. The molecule has 0 saturated carbocycles. The Kier molecular flexibility index (Phi) is 3.16. The van der Waals surface area contributed by atoms with Crippen molar-refractivity contribution in [2.24, 2.45) is 0 Å². The van der Waals surface area contributed by atoms with Crippen LogP contribution in [0.3, 0.4) is 0 Å². The van der Waals surface area contributed by atoms with Crippen molar-refractivity contribution in [1.29, 1.82) is 0 Å². The summed E-state index contributed by atoms with van der Waals surface area (Å²) in [7, 11) is 0. The van der Waals surface area contributed by atoms with E-state index in [2.05, 4.69) is 9.59 Å². The molecule has 3 rings (SSSR count). The molecule has 0 fully saturated rings. The molecular formula is C13H12N2O3S. The van der Waals surface area contributed by atoms with Crippen LogP contribution in [-0.2, 0) is 6.42 Å². The Labute approximate surface area is 114 Å². The minimum absolute atomic E-state index is 0.0659. The smallest absolute Gasteiger partial charge is 0.206 e. The third-order valence-electron chi connectivity index (χ3n) is 2.90. The summed E-state index contributed by atoms with van der Waals surface area (Å²) in [5.74, 6) is 1.23. The van der Waals surface area contributed by atoms with Crippen molar-refractivity contribution in [3.8, 4) is 11.5 Å². The van der Waals surface area contributed by atoms with Gasteiger partial charge >= 0.3 is 0 Å². The predicted octanol–water partition coefficient (Wildman–Crippen LogP) is 2.10. The first kappa shape index (κ1) is 12.1. The number of benzene rings is 1. The standard InChI is InChI=1S/C13H12N2O3S/c1-2-9-13(19-15-14-9)12(16)8-3-4-10-11(7-8)18-6-5-17-10/h3-4,7H,2,5-6H2,1H3. The Morgan fingerprint density at radius 3 is 2.89 bits per heavy atom. The van der Waals surface area contributed by atoms with Crippen molar-refractivity contribution in [2.75, 3.05) is 13.2 Å². The van der Waals surface area contributed by atoms with Gasteiger partial charge in [0.2, 0.25) is 5.78 Å². The summed E-state index contributed by atoms with van der Waals surface area (Å²) in [6.45, 7) is 3.00. The summed E-state index contributed by atoms with van der Waals surface area (Å²) < 4.78 is 14.8. The van der Waals surface area contributed by atoms with Gasteiger partial charge in [-0.1, -0.05) is 11.4 Å². The average molecular weight is 276 g/mol. The summed E-state index contributed by atoms with van der Waals surface area (Å²) in [5.41, 5.74) is 1.31. The molecule has 1 aromatic carbocycles. The fourth-order valence-corrected chi connectivity index (χ4v) is 2.64. The molecule has 0 aliphatic carbocycles. The Morgan fingerprint density at radius 2 is 2.11 bits per heavy atom. The first-order valence-electron chi connectivity index (χ1n) is 6.05. The van der Waals surface area contributed by atoms with E-state index >= 15 is 0 Å². The highest BCUT2D eigenvalue weighted by Crippen LogP contribution is 2.31. The molecule has 19 heavy (non-hydrogen) atoms. The summed E-state index contributed by atoms with van der Waals surface area (Å²) in [6.07, 6.45) is 0.697. The van der Waals surface area contributed by atoms with Gasteiger partial charge in [-0.15, -0.1) is 5.10 Å². The number of aromatic nitrogens is 2. The number of fused-ring (bicyclic) bond motifs is 1. The van der Waals surface area contributed by atoms with Gasteiger partial charge in [-0.3, -0.25) is 4.79 Å². The number of hydrogen-bond donors (Lipinski definition) is 0. The van der Waals surface area contributed by atoms with Crippen molar-refractivity contribution in [1.82, 2.24) is 9.59 Å². The maximum Gasteiger partial charge on any atom is 0.206 e. The van der Waals surface area contributed by atoms with E-state index in [1.54, 1.807) is 18.2 Å². The molecule has 2 heterocycles. The molecule has 0 N–H and O–H groups in total. The molecular weight excluding hydrogens is 264 g/mol. The topological polar surface area (TPSA) is 61.3 Å². The zero-order chi connectivity index (χ0) is 13.2. The molecule has 0 saturated heterocycles. The van der Waals surface area contributed by atoms with Crippen LogP contribution < -0.4 is 9.47 Å². The fraction of sp³-hybridized carbons (Fsp3) is 0.308. The van der Waals surface area contributed by atoms with Gasteiger partial charge in [-0.2, -0.15) is 0 Å². The highest BCUT2D eigenvalue weighted by molar-refractivity contribution is 7.08. The number of hydrogen-bond acceptors (Lipinski definition) is 6. The molecule has 0 amide bonds. The molecule has 0 radical (unpaired) electrons. The zero-order valence-corrected chi connectivity index (χ0v) is 11.2. The lowest BCUT2D eigenvalue weighted by molar-refractivity contribution is 0.104. The largest absolute Gasteiger partial charge is 0.486 e. The number of nitrogens with zero attached hydrogens (tertiary/aromatic N) is 2. The van der Waals surface area contributed by atoms with E-state index in [1.165, 1.54) is 0 Å². The van der Waals surface area contributed by atoms with Gasteiger partial charge in [-0.05, 0) is 36.2 Å². The maximum atomic E-state index is 12.4. The van der Waals surface area contributed by atoms with Gasteiger partial charge in [0.15, 0.2) is 11.5 Å². The van der Waals surface area contributed by atoms with Crippen molar-refractivity contribution in [2.45, 2.75) is 13.3 Å². The Hall–Kier alpha value is -1.95. The summed E-state index contributed by atoms with van der Waals surface area (Å²) in [5, 5.41) is 3.96. The molecule has 1 aromatic heterocycles. The second-order valence-electron chi connectivity index (χ2n) is 4.09. The van der Waals surface area contributed by atoms with Crippen LogP contribution in [0.15, 0.2) is 18.2 Å². The number of carbonyl (C=O) groups is 1. The molecule has 5 nitrogen and oxygen atoms in total. The van der Waals surface area contributed by atoms with E-state index in [1.807, 2.05) is 6.92 Å². The van der Waals surface area contributed by atoms with E-state index in [0.29, 0.717) is 41.6 Å². The van der Waals surface area contributed by atoms with Crippen molar-refractivity contribution >= 4 is 17.3 Å². The molecule has 98 valence electrons. The summed E-state index contributed by atoms with van der Waals surface area (Å²) in [4.78, 5) is 13.0. The van der Waals surface area contributed by atoms with Crippen molar-refractivity contribution in [3.63, 3.8) is 0 Å². The SMILES string of the molecule is CCc1nnsc1C(=O)c1ccc2c(c1)OCCO2. The van der Waals surface area contributed by atoms with Crippen LogP contribution in [0.4, 0.5) is 0 Å². The van der Waals surface area contributed by atoms with Gasteiger partial charge in [-0.25, -0.2) is 0 Å². The molecule has 0 unspecified atom stereocenters. The van der Waals surface area contributed by atoms with Crippen LogP contribution in [-0.4, -0.2) is 28.6 Å². The number of ketones is 1. The first-order valence-corrected chi connectivity index (χ1v) is 6.82. The van der Waals surface area contributed by atoms with E-state index in [-0.39, 0.29) is 5.78 Å². The molecule has 1 aliphatic heterocycles. The second kappa shape index (κ2) is 4.97. The van der Waals surface area contributed by atoms with Gasteiger partial charge < -0.3 is 9.47 Å². The van der Waals surface area contributed by atoms with E-state index in [4.69, 9.17) is 9.47 Å². The summed E-state index contributed by atoms with van der Waals surface area (Å²) >= 11 is 1.13. The van der Waals surface area contributed by atoms with Crippen molar-refractivity contribution < 1.29 is 14.3 Å². The highest BCUT2D eigenvalue weighted by atomic mass is 32.1. The highest BCUT2D eigenvalue weighted by Gasteiger charge is 2.20. The number of ether oxygens (including phenoxy) is 2. The van der Waals surface area contributed by atoms with Crippen molar-refractivity contribution in [3.05, 3.63) is 34.3 Å². The van der Waals surface area contributed by atoms with Crippen LogP contribution >= 0.6 is 11.5 Å². The molecule has 0 atom stereocenters. The molecule has 6 heteroatoms. The normalized spacial score (nSPS) is 13.3. The van der Waals surface area contributed by atoms with Crippen LogP contribution in [0.25, 0.3) is 0 Å². The lowest BCUT2D eigenvalue weighted by Crippen LogP contribution is -2.16. The van der Waals surface area contributed by atoms with Gasteiger partial charge in [0.1, 0.15) is 18.1 Å². The number of aryl methyl sites for hydroxylation is 1. The molecule has 0 spiro atoms. The minimum atomic E-state index is -0.0659. The molecule has 1 aliphatic rings. The third-order valence-corrected chi connectivity index (χ3v) is 3.67. The predicted molar refractivity (Wildman–Crippen MR) is 70.2 cm³/mol. The lowest BCUT2D eigenvalue weighted by Gasteiger charge is -2.18. The zero-order valence-electron chi connectivity index (χ0n) is 10.4. The minimum Gasteiger partial charge on any atom is -0.486 e. The Bertz CT molecular complexity index is 624. The van der Waals surface area contributed by atoms with Crippen LogP contribution in [0, 0.1) is 0 Å². The monoisotopic (exact) mass is 276 g/mol. The Morgan fingerprint density at radius 1 is 1.32 bits per heavy atom. The number of carbonyl (C=O) groups excluding carboxylic acids is 1. The lowest BCUT2D eigenvalue weighted by atomic mass is 10.1. The van der Waals surface area contributed by atoms with E-state index in [0.717, 1.165) is 17.2 Å². The maximum absolute atomic E-state index is 12.4. The van der Waals surface area contributed by atoms with Crippen LogP contribution in [0.5, 0.6) is 11.5 Å². The van der Waals surface area contributed by atoms with Crippen LogP contribution in [0.1, 0.15) is 27.9 Å². The molecule has 2 aromatic rings.